The number of rotatable bonds is 6. The monoisotopic (exact) mass is 480 g/mol. The normalized spacial score (nSPS) is 23.2. The molecular formula is C30H28N2O4. The molecule has 2 N–H and O–H groups in total. The predicted molar refractivity (Wildman–Crippen MR) is 139 cm³/mol. The van der Waals surface area contributed by atoms with E-state index in [2.05, 4.69) is 12.0 Å². The van der Waals surface area contributed by atoms with Gasteiger partial charge in [-0.1, -0.05) is 78.9 Å². The van der Waals surface area contributed by atoms with Gasteiger partial charge in [0.25, 0.3) is 11.8 Å². The number of hydrogen-bond acceptors (Lipinski definition) is 5. The summed E-state index contributed by atoms with van der Waals surface area (Å²) >= 11 is 0. The molecule has 0 unspecified atom stereocenters. The van der Waals surface area contributed by atoms with Crippen molar-refractivity contribution >= 4 is 17.5 Å². The average Bonchev–Trinajstić information content (AvgIpc) is 3.12. The molecule has 3 aromatic rings. The number of para-hydroxylation sites is 1. The second kappa shape index (κ2) is 9.04. The number of amides is 2. The number of nitrogens with one attached hydrogen (secondary N) is 1. The molecule has 2 aliphatic rings. The van der Waals surface area contributed by atoms with Crippen LogP contribution < -0.4 is 10.2 Å². The Hall–Kier alpha value is -4.32. The van der Waals surface area contributed by atoms with Gasteiger partial charge in [0.2, 0.25) is 0 Å². The standard InChI is InChI=1S/C30H28N2O4/c1-4-20-15-18-24-28(34)32(31-22-16-13-19(2)14-17-22)29(35)30(24,21-9-6-5-7-10-21)26(20)23-11-8-12-25(36-3)27(23)33/h4-17,24,26,31,33H,1,18H2,2-3H3/t24-,26+,30+/m0/s1. The van der Waals surface area contributed by atoms with Gasteiger partial charge in [0.05, 0.1) is 24.1 Å². The number of ether oxygens (including phenoxy) is 1. The first-order valence-corrected chi connectivity index (χ1v) is 11.9. The van der Waals surface area contributed by atoms with E-state index in [0.29, 0.717) is 29.0 Å². The van der Waals surface area contributed by atoms with E-state index >= 15 is 0 Å². The fourth-order valence-corrected chi connectivity index (χ4v) is 5.66. The minimum atomic E-state index is -1.29. The highest BCUT2D eigenvalue weighted by Gasteiger charge is 2.66. The molecule has 182 valence electrons. The molecule has 0 bridgehead atoms. The van der Waals surface area contributed by atoms with Gasteiger partial charge in [0, 0.05) is 11.5 Å². The van der Waals surface area contributed by atoms with Crippen molar-refractivity contribution < 1.29 is 19.4 Å². The highest BCUT2D eigenvalue weighted by Crippen LogP contribution is 2.59. The largest absolute Gasteiger partial charge is 0.504 e. The van der Waals surface area contributed by atoms with Crippen LogP contribution in [-0.2, 0) is 15.0 Å². The van der Waals surface area contributed by atoms with Gasteiger partial charge in [0.1, 0.15) is 0 Å². The lowest BCUT2D eigenvalue weighted by Crippen LogP contribution is -2.48. The molecular weight excluding hydrogens is 452 g/mol. The minimum Gasteiger partial charge on any atom is -0.504 e. The van der Waals surface area contributed by atoms with Crippen LogP contribution in [-0.4, -0.2) is 29.0 Å². The maximum atomic E-state index is 14.5. The molecule has 5 rings (SSSR count). The Morgan fingerprint density at radius 1 is 1.06 bits per heavy atom. The van der Waals surface area contributed by atoms with Crippen LogP contribution in [0.25, 0.3) is 0 Å². The van der Waals surface area contributed by atoms with Crippen molar-refractivity contribution in [3.63, 3.8) is 0 Å². The van der Waals surface area contributed by atoms with Crippen molar-refractivity contribution in [3.8, 4) is 11.5 Å². The van der Waals surface area contributed by atoms with Gasteiger partial charge in [0.15, 0.2) is 11.5 Å². The molecule has 1 aliphatic heterocycles. The lowest BCUT2D eigenvalue weighted by molar-refractivity contribution is -0.138. The summed E-state index contributed by atoms with van der Waals surface area (Å²) in [6, 6.07) is 22.1. The number of carbonyl (C=O) groups is 2. The first-order valence-electron chi connectivity index (χ1n) is 11.9. The summed E-state index contributed by atoms with van der Waals surface area (Å²) in [5.41, 5.74) is 5.47. The smallest absolute Gasteiger partial charge is 0.260 e. The number of fused-ring (bicyclic) bond motifs is 1. The summed E-state index contributed by atoms with van der Waals surface area (Å²) in [7, 11) is 1.48. The van der Waals surface area contributed by atoms with Crippen LogP contribution in [0.2, 0.25) is 0 Å². The maximum absolute atomic E-state index is 14.5. The zero-order chi connectivity index (χ0) is 25.4. The molecule has 36 heavy (non-hydrogen) atoms. The molecule has 0 spiro atoms. The summed E-state index contributed by atoms with van der Waals surface area (Å²) < 4.78 is 5.38. The Morgan fingerprint density at radius 3 is 2.44 bits per heavy atom. The predicted octanol–water partition coefficient (Wildman–Crippen LogP) is 5.26. The molecule has 2 amide bonds. The molecule has 6 heteroatoms. The molecule has 1 saturated heterocycles. The van der Waals surface area contributed by atoms with Crippen molar-refractivity contribution in [1.82, 2.24) is 5.01 Å². The Morgan fingerprint density at radius 2 is 1.78 bits per heavy atom. The second-order valence-corrected chi connectivity index (χ2v) is 9.22. The summed E-state index contributed by atoms with van der Waals surface area (Å²) in [4.78, 5) is 28.4. The van der Waals surface area contributed by atoms with Gasteiger partial charge >= 0.3 is 0 Å². The van der Waals surface area contributed by atoms with Crippen molar-refractivity contribution in [2.24, 2.45) is 5.92 Å². The van der Waals surface area contributed by atoms with Crippen molar-refractivity contribution in [3.05, 3.63) is 114 Å². The van der Waals surface area contributed by atoms with E-state index in [1.54, 1.807) is 24.3 Å². The fourth-order valence-electron chi connectivity index (χ4n) is 5.66. The van der Waals surface area contributed by atoms with E-state index < -0.39 is 17.3 Å². The first kappa shape index (κ1) is 23.4. The van der Waals surface area contributed by atoms with Gasteiger partial charge < -0.3 is 9.84 Å². The zero-order valence-electron chi connectivity index (χ0n) is 20.3. The SMILES string of the molecule is C=CC1=CC[C@H]2C(=O)N(Nc3ccc(C)cc3)C(=O)[C@@]2(c2ccccc2)[C@H]1c1cccc(OC)c1O. The molecule has 3 aromatic carbocycles. The van der Waals surface area contributed by atoms with E-state index in [1.807, 2.05) is 67.6 Å². The number of aromatic hydroxyl groups is 1. The quantitative estimate of drug-likeness (QED) is 0.471. The number of benzene rings is 3. The molecule has 0 aromatic heterocycles. The third-order valence-electron chi connectivity index (χ3n) is 7.34. The van der Waals surface area contributed by atoms with Crippen LogP contribution in [0.5, 0.6) is 11.5 Å². The molecule has 3 atom stereocenters. The number of hydrogen-bond donors (Lipinski definition) is 2. The molecule has 0 radical (unpaired) electrons. The molecule has 1 heterocycles. The van der Waals surface area contributed by atoms with E-state index in [4.69, 9.17) is 4.74 Å². The number of hydrazine groups is 1. The Bertz CT molecular complexity index is 1360. The van der Waals surface area contributed by atoms with E-state index in [0.717, 1.165) is 16.1 Å². The third-order valence-corrected chi connectivity index (χ3v) is 7.34. The van der Waals surface area contributed by atoms with Crippen LogP contribution in [0.1, 0.15) is 29.0 Å². The number of anilines is 1. The number of imide groups is 1. The minimum absolute atomic E-state index is 0.0566. The molecule has 6 nitrogen and oxygen atoms in total. The Balaban J connectivity index is 1.74. The lowest BCUT2D eigenvalue weighted by atomic mass is 9.56. The van der Waals surface area contributed by atoms with Gasteiger partial charge in [-0.3, -0.25) is 15.0 Å². The first-order chi connectivity index (χ1) is 17.4. The van der Waals surface area contributed by atoms with Crippen molar-refractivity contribution in [1.29, 1.82) is 0 Å². The Kier molecular flexibility index (Phi) is 5.88. The van der Waals surface area contributed by atoms with Crippen LogP contribution in [0.15, 0.2) is 97.1 Å². The fraction of sp³-hybridized carbons (Fsp3) is 0.200. The maximum Gasteiger partial charge on any atom is 0.260 e. The van der Waals surface area contributed by atoms with Gasteiger partial charge in [-0.15, -0.1) is 0 Å². The van der Waals surface area contributed by atoms with Crippen LogP contribution >= 0.6 is 0 Å². The number of methoxy groups -OCH3 is 1. The van der Waals surface area contributed by atoms with E-state index in [9.17, 15) is 14.7 Å². The highest BCUT2D eigenvalue weighted by atomic mass is 16.5. The van der Waals surface area contributed by atoms with Crippen molar-refractivity contribution in [2.75, 3.05) is 12.5 Å². The lowest BCUT2D eigenvalue weighted by Gasteiger charge is -2.43. The van der Waals surface area contributed by atoms with Crippen LogP contribution in [0, 0.1) is 12.8 Å². The summed E-state index contributed by atoms with van der Waals surface area (Å²) in [5, 5.41) is 12.3. The summed E-state index contributed by atoms with van der Waals surface area (Å²) in [5.74, 6) is -1.77. The number of nitrogens with zero attached hydrogens (tertiary/aromatic N) is 1. The highest BCUT2D eigenvalue weighted by molar-refractivity contribution is 6.12. The van der Waals surface area contributed by atoms with Crippen LogP contribution in [0.3, 0.4) is 0 Å². The Labute approximate surface area is 210 Å². The number of aryl methyl sites for hydroxylation is 1. The van der Waals surface area contributed by atoms with Crippen LogP contribution in [0.4, 0.5) is 5.69 Å². The van der Waals surface area contributed by atoms with E-state index in [-0.39, 0.29) is 17.6 Å². The number of carbonyl (C=O) groups excluding carboxylic acids is 2. The van der Waals surface area contributed by atoms with Crippen molar-refractivity contribution in [2.45, 2.75) is 24.7 Å². The second-order valence-electron chi connectivity index (χ2n) is 9.22. The van der Waals surface area contributed by atoms with Gasteiger partial charge in [-0.2, -0.15) is 5.01 Å². The van der Waals surface area contributed by atoms with Gasteiger partial charge in [-0.25, -0.2) is 0 Å². The number of phenols is 1. The molecule has 1 fully saturated rings. The zero-order valence-corrected chi connectivity index (χ0v) is 20.3. The topological polar surface area (TPSA) is 78.9 Å². The molecule has 1 aliphatic carbocycles. The molecule has 0 saturated carbocycles. The summed E-state index contributed by atoms with van der Waals surface area (Å²) in [6.45, 7) is 5.98. The number of allylic oxidation sites excluding steroid dienone is 3. The van der Waals surface area contributed by atoms with Gasteiger partial charge in [-0.05, 0) is 42.7 Å². The average molecular weight is 481 g/mol. The van der Waals surface area contributed by atoms with E-state index in [1.165, 1.54) is 7.11 Å². The summed E-state index contributed by atoms with van der Waals surface area (Å²) in [6.07, 6.45) is 4.02. The third kappa shape index (κ3) is 3.40. The number of phenolic OH excluding ortho intramolecular Hbond substituents is 1.